The molecule has 1 aromatic heterocycles. The summed E-state index contributed by atoms with van der Waals surface area (Å²) in [5.41, 5.74) is 5.27. The summed E-state index contributed by atoms with van der Waals surface area (Å²) in [5, 5.41) is 0. The van der Waals surface area contributed by atoms with Gasteiger partial charge < -0.3 is 0 Å². The molecule has 2 unspecified atom stereocenters. The van der Waals surface area contributed by atoms with Gasteiger partial charge in [0, 0.05) is 17.5 Å². The van der Waals surface area contributed by atoms with Crippen LogP contribution in [0.25, 0.3) is 11.4 Å². The first-order chi connectivity index (χ1) is 14.2. The van der Waals surface area contributed by atoms with E-state index in [-0.39, 0.29) is 0 Å². The number of rotatable bonds is 11. The van der Waals surface area contributed by atoms with Crippen molar-refractivity contribution in [3.8, 4) is 11.4 Å². The first kappa shape index (κ1) is 22.0. The Balaban J connectivity index is 1.61. The van der Waals surface area contributed by atoms with Crippen LogP contribution in [0, 0.1) is 11.8 Å². The quantitative estimate of drug-likeness (QED) is 0.368. The monoisotopic (exact) mass is 392 g/mol. The van der Waals surface area contributed by atoms with E-state index in [9.17, 15) is 0 Å². The Morgan fingerprint density at radius 3 is 2.52 bits per heavy atom. The highest BCUT2D eigenvalue weighted by Crippen LogP contribution is 2.32. The summed E-state index contributed by atoms with van der Waals surface area (Å²) in [6.45, 7) is 6.92. The molecule has 0 fully saturated rings. The molecule has 0 radical (unpaired) electrons. The summed E-state index contributed by atoms with van der Waals surface area (Å²) in [5.74, 6) is 2.62. The molecule has 29 heavy (non-hydrogen) atoms. The van der Waals surface area contributed by atoms with Gasteiger partial charge in [-0.1, -0.05) is 83.6 Å². The minimum absolute atomic E-state index is 0.821. The van der Waals surface area contributed by atoms with Gasteiger partial charge in [-0.3, -0.25) is 0 Å². The molecule has 0 saturated heterocycles. The van der Waals surface area contributed by atoms with Crippen LogP contribution in [0.5, 0.6) is 0 Å². The maximum atomic E-state index is 4.96. The van der Waals surface area contributed by atoms with Crippen molar-refractivity contribution >= 4 is 0 Å². The SMILES string of the molecule is CCCCCc1ccc(-c2ncc3c(n2)CCC(CC(CC)CCCC)C3)cc1. The zero-order valence-corrected chi connectivity index (χ0v) is 18.9. The van der Waals surface area contributed by atoms with Crippen LogP contribution < -0.4 is 0 Å². The molecule has 1 aliphatic rings. The second-order valence-electron chi connectivity index (χ2n) is 9.08. The van der Waals surface area contributed by atoms with Gasteiger partial charge in [-0.05, 0) is 61.5 Å². The molecular weight excluding hydrogens is 352 g/mol. The second-order valence-corrected chi connectivity index (χ2v) is 9.08. The van der Waals surface area contributed by atoms with E-state index in [4.69, 9.17) is 9.97 Å². The van der Waals surface area contributed by atoms with Gasteiger partial charge in [-0.25, -0.2) is 9.97 Å². The number of hydrogen-bond acceptors (Lipinski definition) is 2. The molecule has 0 saturated carbocycles. The predicted molar refractivity (Wildman–Crippen MR) is 124 cm³/mol. The number of aryl methyl sites for hydroxylation is 2. The van der Waals surface area contributed by atoms with Crippen LogP contribution in [0.15, 0.2) is 30.5 Å². The lowest BCUT2D eigenvalue weighted by Crippen LogP contribution is -2.19. The lowest BCUT2D eigenvalue weighted by Gasteiger charge is -2.27. The molecule has 0 aliphatic heterocycles. The van der Waals surface area contributed by atoms with E-state index in [0.717, 1.165) is 29.6 Å². The lowest BCUT2D eigenvalue weighted by molar-refractivity contribution is 0.311. The van der Waals surface area contributed by atoms with Crippen LogP contribution in [0.4, 0.5) is 0 Å². The smallest absolute Gasteiger partial charge is 0.159 e. The van der Waals surface area contributed by atoms with Gasteiger partial charge in [0.05, 0.1) is 0 Å². The summed E-state index contributed by atoms with van der Waals surface area (Å²) in [6.07, 6.45) is 17.6. The van der Waals surface area contributed by atoms with Crippen LogP contribution in [-0.2, 0) is 19.3 Å². The van der Waals surface area contributed by atoms with Crippen LogP contribution in [-0.4, -0.2) is 9.97 Å². The molecule has 0 N–H and O–H groups in total. The second kappa shape index (κ2) is 11.5. The number of unbranched alkanes of at least 4 members (excludes halogenated alkanes) is 3. The van der Waals surface area contributed by atoms with Crippen molar-refractivity contribution in [2.75, 3.05) is 0 Å². The van der Waals surface area contributed by atoms with Gasteiger partial charge in [0.15, 0.2) is 5.82 Å². The summed E-state index contributed by atoms with van der Waals surface area (Å²) in [4.78, 5) is 9.70. The largest absolute Gasteiger partial charge is 0.236 e. The molecule has 2 aromatic rings. The topological polar surface area (TPSA) is 25.8 Å². The van der Waals surface area contributed by atoms with E-state index < -0.39 is 0 Å². The van der Waals surface area contributed by atoms with E-state index in [0.29, 0.717) is 0 Å². The highest BCUT2D eigenvalue weighted by atomic mass is 14.9. The minimum Gasteiger partial charge on any atom is -0.236 e. The summed E-state index contributed by atoms with van der Waals surface area (Å²) >= 11 is 0. The Morgan fingerprint density at radius 1 is 1.00 bits per heavy atom. The van der Waals surface area contributed by atoms with Crippen LogP contribution in [0.2, 0.25) is 0 Å². The molecule has 0 bridgehead atoms. The molecule has 2 heteroatoms. The van der Waals surface area contributed by atoms with E-state index in [1.807, 2.05) is 0 Å². The van der Waals surface area contributed by atoms with Crippen LogP contribution in [0.3, 0.4) is 0 Å². The summed E-state index contributed by atoms with van der Waals surface area (Å²) in [6, 6.07) is 8.92. The van der Waals surface area contributed by atoms with Crippen molar-refractivity contribution in [2.45, 2.75) is 97.8 Å². The predicted octanol–water partition coefficient (Wildman–Crippen LogP) is 7.59. The fourth-order valence-electron chi connectivity index (χ4n) is 4.78. The molecule has 2 nitrogen and oxygen atoms in total. The van der Waals surface area contributed by atoms with E-state index in [2.05, 4.69) is 51.2 Å². The number of nitrogens with zero attached hydrogens (tertiary/aromatic N) is 2. The van der Waals surface area contributed by atoms with Gasteiger partial charge in [0.2, 0.25) is 0 Å². The van der Waals surface area contributed by atoms with Crippen molar-refractivity contribution in [1.29, 1.82) is 0 Å². The number of hydrogen-bond donors (Lipinski definition) is 0. The van der Waals surface area contributed by atoms with Crippen molar-refractivity contribution in [1.82, 2.24) is 9.97 Å². The number of aromatic nitrogens is 2. The van der Waals surface area contributed by atoms with E-state index in [1.54, 1.807) is 0 Å². The van der Waals surface area contributed by atoms with Crippen LogP contribution >= 0.6 is 0 Å². The normalized spacial score (nSPS) is 17.1. The molecule has 0 spiro atoms. The van der Waals surface area contributed by atoms with Crippen molar-refractivity contribution in [2.24, 2.45) is 11.8 Å². The molecular formula is C27H40N2. The van der Waals surface area contributed by atoms with Crippen molar-refractivity contribution in [3.05, 3.63) is 47.3 Å². The Morgan fingerprint density at radius 2 is 1.79 bits per heavy atom. The molecule has 158 valence electrons. The van der Waals surface area contributed by atoms with Gasteiger partial charge >= 0.3 is 0 Å². The minimum atomic E-state index is 0.821. The standard InChI is InChI=1S/C27H40N2/c1-4-7-9-11-22-12-15-24(16-13-22)27-28-20-25-19-23(14-17-26(25)29-27)18-21(6-3)10-8-5-2/h12-13,15-16,20-21,23H,4-11,14,17-19H2,1-3H3. The zero-order valence-electron chi connectivity index (χ0n) is 18.9. The molecule has 1 aromatic carbocycles. The maximum Gasteiger partial charge on any atom is 0.159 e. The fraction of sp³-hybridized carbons (Fsp3) is 0.630. The Hall–Kier alpha value is -1.70. The molecule has 1 heterocycles. The lowest BCUT2D eigenvalue weighted by atomic mass is 9.79. The van der Waals surface area contributed by atoms with Gasteiger partial charge in [-0.2, -0.15) is 0 Å². The first-order valence-corrected chi connectivity index (χ1v) is 12.2. The Bertz CT molecular complexity index is 735. The number of fused-ring (bicyclic) bond motifs is 1. The van der Waals surface area contributed by atoms with Gasteiger partial charge in [0.1, 0.15) is 0 Å². The van der Waals surface area contributed by atoms with Crippen molar-refractivity contribution < 1.29 is 0 Å². The van der Waals surface area contributed by atoms with Crippen molar-refractivity contribution in [3.63, 3.8) is 0 Å². The first-order valence-electron chi connectivity index (χ1n) is 12.2. The van der Waals surface area contributed by atoms with E-state index in [1.165, 1.54) is 87.4 Å². The summed E-state index contributed by atoms with van der Waals surface area (Å²) in [7, 11) is 0. The van der Waals surface area contributed by atoms with Crippen LogP contribution in [0.1, 0.15) is 95.4 Å². The molecule has 3 rings (SSSR count). The Labute approximate surface area is 178 Å². The number of benzene rings is 1. The van der Waals surface area contributed by atoms with Gasteiger partial charge in [0.25, 0.3) is 0 Å². The zero-order chi connectivity index (χ0) is 20.5. The molecule has 1 aliphatic carbocycles. The molecule has 0 amide bonds. The van der Waals surface area contributed by atoms with E-state index >= 15 is 0 Å². The highest BCUT2D eigenvalue weighted by molar-refractivity contribution is 5.55. The average Bonchev–Trinajstić information content (AvgIpc) is 2.77. The highest BCUT2D eigenvalue weighted by Gasteiger charge is 2.23. The fourth-order valence-corrected chi connectivity index (χ4v) is 4.78. The average molecular weight is 393 g/mol. The Kier molecular flexibility index (Phi) is 8.70. The van der Waals surface area contributed by atoms with Gasteiger partial charge in [-0.15, -0.1) is 0 Å². The third-order valence-corrected chi connectivity index (χ3v) is 6.74. The summed E-state index contributed by atoms with van der Waals surface area (Å²) < 4.78 is 0. The third-order valence-electron chi connectivity index (χ3n) is 6.74. The maximum absolute atomic E-state index is 4.96. The molecule has 2 atom stereocenters. The third kappa shape index (κ3) is 6.39.